The molecule has 156 valence electrons. The zero-order chi connectivity index (χ0) is 19.0. The predicted octanol–water partition coefficient (Wildman–Crippen LogP) is 1.89. The number of nitrogens with one attached hydrogen (secondary N) is 2. The molecule has 2 heterocycles. The first-order chi connectivity index (χ1) is 12.4. The first-order valence-corrected chi connectivity index (χ1v) is 12.2. The number of likely N-dealkylation sites (tertiary alicyclic amines) is 1. The summed E-state index contributed by atoms with van der Waals surface area (Å²) in [5, 5.41) is 10.0. The smallest absolute Gasteiger partial charge is 0.191 e. The minimum Gasteiger partial charge on any atom is -0.357 e. The van der Waals surface area contributed by atoms with Gasteiger partial charge in [0.05, 0.1) is 23.0 Å². The lowest BCUT2D eigenvalue weighted by atomic mass is 10.1. The fourth-order valence-corrected chi connectivity index (χ4v) is 4.18. The molecule has 1 aromatic heterocycles. The van der Waals surface area contributed by atoms with Crippen LogP contribution in [-0.4, -0.2) is 68.5 Å². The van der Waals surface area contributed by atoms with E-state index >= 15 is 0 Å². The van der Waals surface area contributed by atoms with Crippen molar-refractivity contribution in [3.8, 4) is 0 Å². The summed E-state index contributed by atoms with van der Waals surface area (Å²) in [4.78, 5) is 11.4. The average Bonchev–Trinajstić information content (AvgIpc) is 3.07. The Balaban J connectivity index is 0.00000364. The molecule has 2 N–H and O–H groups in total. The van der Waals surface area contributed by atoms with E-state index in [0.717, 1.165) is 55.6 Å². The normalized spacial score (nSPS) is 16.8. The second-order valence-electron chi connectivity index (χ2n) is 6.67. The van der Waals surface area contributed by atoms with Gasteiger partial charge < -0.3 is 15.5 Å². The van der Waals surface area contributed by atoms with Crippen molar-refractivity contribution in [2.75, 3.05) is 38.2 Å². The monoisotopic (exact) mass is 529 g/mol. The van der Waals surface area contributed by atoms with Gasteiger partial charge in [0.1, 0.15) is 9.84 Å². The number of piperidine rings is 1. The molecule has 1 saturated heterocycles. The van der Waals surface area contributed by atoms with Crippen LogP contribution in [0.4, 0.5) is 0 Å². The fraction of sp³-hybridized carbons (Fsp3) is 0.765. The Labute approximate surface area is 184 Å². The van der Waals surface area contributed by atoms with E-state index < -0.39 is 9.84 Å². The van der Waals surface area contributed by atoms with Gasteiger partial charge in [0, 0.05) is 43.9 Å². The minimum atomic E-state index is -2.89. The molecule has 1 aromatic rings. The number of nitrogens with zero attached hydrogens (tertiary/aromatic N) is 3. The van der Waals surface area contributed by atoms with Crippen LogP contribution in [0.2, 0.25) is 0 Å². The highest BCUT2D eigenvalue weighted by atomic mass is 127. The van der Waals surface area contributed by atoms with Gasteiger partial charge in [0.25, 0.3) is 0 Å². The maximum atomic E-state index is 11.3. The van der Waals surface area contributed by atoms with Gasteiger partial charge in [-0.2, -0.15) is 0 Å². The van der Waals surface area contributed by atoms with Crippen LogP contribution in [0.15, 0.2) is 10.4 Å². The van der Waals surface area contributed by atoms with E-state index in [1.165, 1.54) is 6.26 Å². The van der Waals surface area contributed by atoms with Crippen LogP contribution in [0.25, 0.3) is 0 Å². The number of aliphatic imine (C=N–C) groups is 1. The lowest BCUT2D eigenvalue weighted by Gasteiger charge is -2.32. The van der Waals surface area contributed by atoms with E-state index in [4.69, 9.17) is 0 Å². The number of guanidine groups is 1. The molecular weight excluding hydrogens is 497 g/mol. The maximum Gasteiger partial charge on any atom is 0.191 e. The third kappa shape index (κ3) is 9.53. The van der Waals surface area contributed by atoms with Crippen LogP contribution >= 0.6 is 35.3 Å². The summed E-state index contributed by atoms with van der Waals surface area (Å²) in [6.45, 7) is 8.03. The van der Waals surface area contributed by atoms with Crippen LogP contribution in [0.1, 0.15) is 37.4 Å². The largest absolute Gasteiger partial charge is 0.357 e. The predicted molar refractivity (Wildman–Crippen MR) is 124 cm³/mol. The Morgan fingerprint density at radius 2 is 2.07 bits per heavy atom. The van der Waals surface area contributed by atoms with Crippen LogP contribution in [0.5, 0.6) is 0 Å². The summed E-state index contributed by atoms with van der Waals surface area (Å²) in [6, 6.07) is 0.365. The second-order valence-corrected chi connectivity index (χ2v) is 9.87. The molecule has 1 fully saturated rings. The van der Waals surface area contributed by atoms with Gasteiger partial charge in [0.15, 0.2) is 5.96 Å². The molecule has 0 unspecified atom stereocenters. The van der Waals surface area contributed by atoms with Crippen molar-refractivity contribution < 1.29 is 8.42 Å². The quantitative estimate of drug-likeness (QED) is 0.304. The van der Waals surface area contributed by atoms with Crippen LogP contribution < -0.4 is 10.6 Å². The highest BCUT2D eigenvalue weighted by molar-refractivity contribution is 14.0. The Morgan fingerprint density at radius 1 is 1.37 bits per heavy atom. The topological polar surface area (TPSA) is 86.7 Å². The minimum absolute atomic E-state index is 0. The number of aryl methyl sites for hydroxylation is 1. The third-order valence-corrected chi connectivity index (χ3v) is 6.32. The van der Waals surface area contributed by atoms with Gasteiger partial charge in [-0.3, -0.25) is 0 Å². The first kappa shape index (κ1) is 24.6. The van der Waals surface area contributed by atoms with Gasteiger partial charge in [-0.05, 0) is 26.2 Å². The van der Waals surface area contributed by atoms with E-state index in [1.807, 2.05) is 0 Å². The van der Waals surface area contributed by atoms with E-state index in [9.17, 15) is 8.42 Å². The highest BCUT2D eigenvalue weighted by Gasteiger charge is 2.20. The maximum absolute atomic E-state index is 11.3. The zero-order valence-electron chi connectivity index (χ0n) is 16.4. The molecule has 0 saturated carbocycles. The number of hydrogen-bond acceptors (Lipinski definition) is 6. The second kappa shape index (κ2) is 12.2. The summed E-state index contributed by atoms with van der Waals surface area (Å²) in [5.41, 5.74) is 1.01. The number of aromatic nitrogens is 1. The molecule has 0 spiro atoms. The number of halogens is 1. The Kier molecular flexibility index (Phi) is 11.1. The molecular formula is C17H32IN5O2S2. The van der Waals surface area contributed by atoms with Gasteiger partial charge in [-0.25, -0.2) is 18.4 Å². The Bertz CT molecular complexity index is 685. The van der Waals surface area contributed by atoms with Gasteiger partial charge >= 0.3 is 0 Å². The van der Waals surface area contributed by atoms with Crippen LogP contribution in [0.3, 0.4) is 0 Å². The van der Waals surface area contributed by atoms with Crippen molar-refractivity contribution in [3.05, 3.63) is 16.1 Å². The number of hydrogen-bond donors (Lipinski definition) is 2. The molecule has 0 bridgehead atoms. The molecule has 27 heavy (non-hydrogen) atoms. The molecule has 7 nitrogen and oxygen atoms in total. The molecule has 0 aliphatic carbocycles. The summed E-state index contributed by atoms with van der Waals surface area (Å²) < 4.78 is 22.6. The Hall–Kier alpha value is -0.460. The lowest BCUT2D eigenvalue weighted by molar-refractivity contribution is 0.216. The molecule has 0 amide bonds. The van der Waals surface area contributed by atoms with E-state index in [2.05, 4.69) is 44.7 Å². The van der Waals surface area contributed by atoms with Gasteiger partial charge in [-0.15, -0.1) is 35.3 Å². The van der Waals surface area contributed by atoms with E-state index in [-0.39, 0.29) is 29.7 Å². The first-order valence-electron chi connectivity index (χ1n) is 9.27. The summed E-state index contributed by atoms with van der Waals surface area (Å²) >= 11 is 1.69. The van der Waals surface area contributed by atoms with Gasteiger partial charge in [0.2, 0.25) is 0 Å². The number of rotatable bonds is 8. The Morgan fingerprint density at radius 3 is 2.63 bits per heavy atom. The van der Waals surface area contributed by atoms with Crippen LogP contribution in [-0.2, 0) is 22.8 Å². The van der Waals surface area contributed by atoms with Crippen molar-refractivity contribution in [3.63, 3.8) is 0 Å². The van der Waals surface area contributed by atoms with Crippen molar-refractivity contribution in [1.29, 1.82) is 0 Å². The highest BCUT2D eigenvalue weighted by Crippen LogP contribution is 2.12. The molecule has 1 aliphatic rings. The average molecular weight is 530 g/mol. The summed E-state index contributed by atoms with van der Waals surface area (Å²) in [5.74, 6) is 1.07. The van der Waals surface area contributed by atoms with Gasteiger partial charge in [-0.1, -0.05) is 6.92 Å². The number of sulfone groups is 1. The van der Waals surface area contributed by atoms with Crippen molar-refractivity contribution in [1.82, 2.24) is 20.5 Å². The zero-order valence-corrected chi connectivity index (χ0v) is 20.4. The van der Waals surface area contributed by atoms with E-state index in [1.54, 1.807) is 11.3 Å². The summed E-state index contributed by atoms with van der Waals surface area (Å²) in [6.07, 6.45) is 4.24. The SMILES string of the molecule is CCNC(=NCc1csc(CC)n1)NC1CCN(CCS(C)(=O)=O)CC1.I. The third-order valence-electron chi connectivity index (χ3n) is 4.35. The number of thiazole rings is 1. The fourth-order valence-electron chi connectivity index (χ4n) is 2.85. The molecule has 0 radical (unpaired) electrons. The molecule has 0 aromatic carbocycles. The van der Waals surface area contributed by atoms with Crippen LogP contribution in [0, 0.1) is 0 Å². The molecule has 1 aliphatic heterocycles. The van der Waals surface area contributed by atoms with Crippen molar-refractivity contribution in [2.45, 2.75) is 45.7 Å². The summed E-state index contributed by atoms with van der Waals surface area (Å²) in [7, 11) is -2.89. The van der Waals surface area contributed by atoms with E-state index in [0.29, 0.717) is 19.1 Å². The lowest BCUT2D eigenvalue weighted by Crippen LogP contribution is -2.49. The molecule has 0 atom stereocenters. The molecule has 10 heteroatoms. The molecule has 2 rings (SSSR count). The standard InChI is InChI=1S/C17H31N5O2S2.HI/c1-4-16-20-15(13-25-16)12-19-17(18-5-2)21-14-6-8-22(9-7-14)10-11-26(3,23)24;/h13-14H,4-12H2,1-3H3,(H2,18,19,21);1H. The van der Waals surface area contributed by atoms with Crippen molar-refractivity contribution in [2.24, 2.45) is 4.99 Å². The van der Waals surface area contributed by atoms with Crippen molar-refractivity contribution >= 4 is 51.1 Å².